The van der Waals surface area contributed by atoms with Crippen LogP contribution in [0.5, 0.6) is 0 Å². The van der Waals surface area contributed by atoms with Crippen LogP contribution in [-0.4, -0.2) is 10.8 Å². The van der Waals surface area contributed by atoms with Crippen molar-refractivity contribution in [1.82, 2.24) is 5.32 Å². The van der Waals surface area contributed by atoms with Crippen LogP contribution in [0.4, 0.5) is 10.1 Å². The summed E-state index contributed by atoms with van der Waals surface area (Å²) in [4.78, 5) is 22.3. The first kappa shape index (κ1) is 16.6. The maximum Gasteiger partial charge on any atom is 0.305 e. The van der Waals surface area contributed by atoms with Crippen LogP contribution in [-0.2, 0) is 0 Å². The number of carbonyl (C=O) groups is 1. The highest BCUT2D eigenvalue weighted by Crippen LogP contribution is 2.23. The van der Waals surface area contributed by atoms with E-state index in [1.165, 1.54) is 12.1 Å². The second-order valence-electron chi connectivity index (χ2n) is 5.70. The van der Waals surface area contributed by atoms with Gasteiger partial charge in [-0.1, -0.05) is 42.5 Å². The van der Waals surface area contributed by atoms with E-state index in [-0.39, 0.29) is 11.6 Å². The number of amides is 1. The number of hydrogen-bond donors (Lipinski definition) is 1. The summed E-state index contributed by atoms with van der Waals surface area (Å²) in [5.74, 6) is -1.82. The molecule has 126 valence electrons. The molecule has 1 amide bonds. The lowest BCUT2D eigenvalue weighted by Crippen LogP contribution is -2.27. The Kier molecular flexibility index (Phi) is 4.43. The molecule has 0 unspecified atom stereocenters. The van der Waals surface area contributed by atoms with E-state index in [9.17, 15) is 19.3 Å². The molecule has 5 nitrogen and oxygen atoms in total. The van der Waals surface area contributed by atoms with Crippen molar-refractivity contribution in [2.75, 3.05) is 0 Å². The van der Waals surface area contributed by atoms with Crippen molar-refractivity contribution in [2.24, 2.45) is 0 Å². The summed E-state index contributed by atoms with van der Waals surface area (Å²) in [5.41, 5.74) is -0.203. The molecule has 0 aliphatic rings. The summed E-state index contributed by atoms with van der Waals surface area (Å²) < 4.78 is 14.1. The van der Waals surface area contributed by atoms with Gasteiger partial charge in [0.1, 0.15) is 0 Å². The van der Waals surface area contributed by atoms with Gasteiger partial charge in [0.15, 0.2) is 0 Å². The van der Waals surface area contributed by atoms with Crippen molar-refractivity contribution in [3.05, 3.63) is 87.7 Å². The Morgan fingerprint density at radius 2 is 1.80 bits per heavy atom. The highest BCUT2D eigenvalue weighted by Gasteiger charge is 2.22. The quantitative estimate of drug-likeness (QED) is 0.567. The first-order valence-electron chi connectivity index (χ1n) is 7.70. The van der Waals surface area contributed by atoms with Gasteiger partial charge in [0, 0.05) is 6.07 Å². The average Bonchev–Trinajstić information content (AvgIpc) is 2.61. The number of carbonyl (C=O) groups excluding carboxylic acids is 1. The van der Waals surface area contributed by atoms with E-state index in [4.69, 9.17) is 0 Å². The molecular formula is C19H15FN2O3. The molecule has 3 aromatic carbocycles. The Bertz CT molecular complexity index is 972. The third kappa shape index (κ3) is 3.33. The molecule has 0 aliphatic heterocycles. The number of nitro groups is 1. The summed E-state index contributed by atoms with van der Waals surface area (Å²) in [6, 6.07) is 16.8. The fourth-order valence-corrected chi connectivity index (χ4v) is 2.67. The van der Waals surface area contributed by atoms with E-state index in [0.29, 0.717) is 0 Å². The highest BCUT2D eigenvalue weighted by atomic mass is 19.1. The van der Waals surface area contributed by atoms with Gasteiger partial charge < -0.3 is 5.32 Å². The average molecular weight is 338 g/mol. The molecule has 0 fully saturated rings. The smallest absolute Gasteiger partial charge is 0.305 e. The number of rotatable bonds is 4. The third-order valence-electron chi connectivity index (χ3n) is 4.04. The molecule has 0 aliphatic carbocycles. The Labute approximate surface area is 143 Å². The predicted octanol–water partition coefficient (Wildman–Crippen LogP) is 4.38. The van der Waals surface area contributed by atoms with Gasteiger partial charge in [-0.2, -0.15) is 4.39 Å². The number of fused-ring (bicyclic) bond motifs is 1. The molecule has 1 N–H and O–H groups in total. The van der Waals surface area contributed by atoms with Crippen molar-refractivity contribution in [1.29, 1.82) is 0 Å². The topological polar surface area (TPSA) is 72.2 Å². The molecule has 0 saturated heterocycles. The molecule has 3 aromatic rings. The van der Waals surface area contributed by atoms with Gasteiger partial charge in [0.2, 0.25) is 5.82 Å². The largest absolute Gasteiger partial charge is 0.345 e. The SMILES string of the molecule is C[C@H](NC(=O)c1cccc([N+](=O)[O-])c1F)c1ccc2ccccc2c1. The third-order valence-corrected chi connectivity index (χ3v) is 4.04. The van der Waals surface area contributed by atoms with Crippen LogP contribution < -0.4 is 5.32 Å². The lowest BCUT2D eigenvalue weighted by atomic mass is 10.0. The molecule has 6 heteroatoms. The second kappa shape index (κ2) is 6.68. The first-order valence-corrected chi connectivity index (χ1v) is 7.70. The Morgan fingerprint density at radius 3 is 2.52 bits per heavy atom. The molecule has 3 rings (SSSR count). The van der Waals surface area contributed by atoms with E-state index in [2.05, 4.69) is 5.32 Å². The monoisotopic (exact) mass is 338 g/mol. The molecule has 0 radical (unpaired) electrons. The van der Waals surface area contributed by atoms with Crippen LogP contribution in [0.1, 0.15) is 28.9 Å². The molecule has 0 saturated carbocycles. The number of hydrogen-bond acceptors (Lipinski definition) is 3. The molecule has 0 bridgehead atoms. The van der Waals surface area contributed by atoms with Gasteiger partial charge in [-0.3, -0.25) is 14.9 Å². The van der Waals surface area contributed by atoms with E-state index in [0.717, 1.165) is 22.4 Å². The summed E-state index contributed by atoms with van der Waals surface area (Å²) in [6.07, 6.45) is 0. The molecule has 0 aromatic heterocycles. The zero-order chi connectivity index (χ0) is 18.0. The lowest BCUT2D eigenvalue weighted by molar-refractivity contribution is -0.387. The van der Waals surface area contributed by atoms with E-state index < -0.39 is 22.3 Å². The summed E-state index contributed by atoms with van der Waals surface area (Å²) in [6.45, 7) is 1.78. The van der Waals surface area contributed by atoms with Crippen molar-refractivity contribution in [2.45, 2.75) is 13.0 Å². The van der Waals surface area contributed by atoms with Crippen molar-refractivity contribution in [3.8, 4) is 0 Å². The van der Waals surface area contributed by atoms with Crippen LogP contribution in [0.3, 0.4) is 0 Å². The van der Waals surface area contributed by atoms with Gasteiger partial charge in [0.05, 0.1) is 16.5 Å². The normalized spacial score (nSPS) is 11.9. The Morgan fingerprint density at radius 1 is 1.08 bits per heavy atom. The van der Waals surface area contributed by atoms with Gasteiger partial charge in [-0.15, -0.1) is 0 Å². The lowest BCUT2D eigenvalue weighted by Gasteiger charge is -2.15. The van der Waals surface area contributed by atoms with Gasteiger partial charge in [-0.05, 0) is 35.4 Å². The summed E-state index contributed by atoms with van der Waals surface area (Å²) >= 11 is 0. The number of nitrogens with one attached hydrogen (secondary N) is 1. The zero-order valence-corrected chi connectivity index (χ0v) is 13.4. The van der Waals surface area contributed by atoms with Crippen LogP contribution in [0.2, 0.25) is 0 Å². The fourth-order valence-electron chi connectivity index (χ4n) is 2.67. The predicted molar refractivity (Wildman–Crippen MR) is 92.9 cm³/mol. The van der Waals surface area contributed by atoms with Gasteiger partial charge >= 0.3 is 5.69 Å². The van der Waals surface area contributed by atoms with E-state index in [1.54, 1.807) is 6.92 Å². The van der Waals surface area contributed by atoms with Crippen LogP contribution in [0.15, 0.2) is 60.7 Å². The standard InChI is InChI=1S/C19H15FN2O3/c1-12(14-10-9-13-5-2-3-6-15(13)11-14)21-19(23)16-7-4-8-17(18(16)20)22(24)25/h2-12H,1H3,(H,21,23)/t12-/m0/s1. The molecule has 25 heavy (non-hydrogen) atoms. The molecule has 0 heterocycles. The van der Waals surface area contributed by atoms with Crippen LogP contribution in [0, 0.1) is 15.9 Å². The summed E-state index contributed by atoms with van der Waals surface area (Å²) in [5, 5.41) is 15.6. The fraction of sp³-hybridized carbons (Fsp3) is 0.105. The van der Waals surface area contributed by atoms with Gasteiger partial charge in [0.25, 0.3) is 5.91 Å². The number of benzene rings is 3. The molecule has 0 spiro atoms. The van der Waals surface area contributed by atoms with Crippen molar-refractivity contribution < 1.29 is 14.1 Å². The zero-order valence-electron chi connectivity index (χ0n) is 13.4. The Balaban J connectivity index is 1.84. The van der Waals surface area contributed by atoms with E-state index >= 15 is 0 Å². The van der Waals surface area contributed by atoms with Gasteiger partial charge in [-0.25, -0.2) is 0 Å². The highest BCUT2D eigenvalue weighted by molar-refractivity contribution is 5.95. The van der Waals surface area contributed by atoms with Crippen molar-refractivity contribution in [3.63, 3.8) is 0 Å². The van der Waals surface area contributed by atoms with E-state index in [1.807, 2.05) is 42.5 Å². The minimum Gasteiger partial charge on any atom is -0.345 e. The molecule has 1 atom stereocenters. The first-order chi connectivity index (χ1) is 12.0. The maximum atomic E-state index is 14.1. The molecular weight excluding hydrogens is 323 g/mol. The number of halogens is 1. The minimum absolute atomic E-state index is 0.346. The number of nitrogens with zero attached hydrogens (tertiary/aromatic N) is 1. The van der Waals surface area contributed by atoms with Crippen LogP contribution in [0.25, 0.3) is 10.8 Å². The second-order valence-corrected chi connectivity index (χ2v) is 5.70. The summed E-state index contributed by atoms with van der Waals surface area (Å²) in [7, 11) is 0. The minimum atomic E-state index is -1.13. The van der Waals surface area contributed by atoms with Crippen LogP contribution >= 0.6 is 0 Å². The maximum absolute atomic E-state index is 14.1. The van der Waals surface area contributed by atoms with Crippen molar-refractivity contribution >= 4 is 22.4 Å². The number of nitro benzene ring substituents is 1. The Hall–Kier alpha value is -3.28.